The van der Waals surface area contributed by atoms with Gasteiger partial charge in [-0.1, -0.05) is 6.07 Å². The van der Waals surface area contributed by atoms with E-state index in [4.69, 9.17) is 0 Å². The number of nitrogens with one attached hydrogen (secondary N) is 1. The summed E-state index contributed by atoms with van der Waals surface area (Å²) in [6.45, 7) is 9.27. The minimum Gasteiger partial charge on any atom is -0.326 e. The van der Waals surface area contributed by atoms with E-state index in [1.165, 1.54) is 11.1 Å². The normalized spacial score (nSPS) is 17.1. The standard InChI is InChI=1S/C16H25N3O/c1-13-10-14(2)12-15(11-13)17-16(20)4-5-19-8-6-18(3)7-9-19/h10-12H,4-9H2,1-3H3,(H,17,20). The molecule has 0 spiro atoms. The molecule has 1 aliphatic rings. The summed E-state index contributed by atoms with van der Waals surface area (Å²) in [6, 6.07) is 6.14. The van der Waals surface area contributed by atoms with Crippen molar-refractivity contribution in [1.82, 2.24) is 9.80 Å². The van der Waals surface area contributed by atoms with Crippen LogP contribution in [0.25, 0.3) is 0 Å². The maximum Gasteiger partial charge on any atom is 0.225 e. The van der Waals surface area contributed by atoms with Gasteiger partial charge in [-0.3, -0.25) is 4.79 Å². The van der Waals surface area contributed by atoms with E-state index in [0.29, 0.717) is 6.42 Å². The number of rotatable bonds is 4. The van der Waals surface area contributed by atoms with Gasteiger partial charge in [0.25, 0.3) is 0 Å². The lowest BCUT2D eigenvalue weighted by Gasteiger charge is -2.32. The van der Waals surface area contributed by atoms with Crippen LogP contribution in [0.5, 0.6) is 0 Å². The molecule has 0 radical (unpaired) electrons. The zero-order valence-electron chi connectivity index (χ0n) is 12.8. The summed E-state index contributed by atoms with van der Waals surface area (Å²) >= 11 is 0. The zero-order valence-corrected chi connectivity index (χ0v) is 12.8. The summed E-state index contributed by atoms with van der Waals surface area (Å²) in [5, 5.41) is 3.00. The molecule has 1 amide bonds. The van der Waals surface area contributed by atoms with Gasteiger partial charge in [0, 0.05) is 44.8 Å². The minimum atomic E-state index is 0.105. The van der Waals surface area contributed by atoms with E-state index in [9.17, 15) is 4.79 Å². The number of hydrogen-bond acceptors (Lipinski definition) is 3. The van der Waals surface area contributed by atoms with Gasteiger partial charge in [-0.05, 0) is 44.2 Å². The summed E-state index contributed by atoms with van der Waals surface area (Å²) in [5.74, 6) is 0.105. The fourth-order valence-electron chi connectivity index (χ4n) is 2.60. The highest BCUT2D eigenvalue weighted by molar-refractivity contribution is 5.91. The van der Waals surface area contributed by atoms with Gasteiger partial charge in [0.05, 0.1) is 0 Å². The second-order valence-corrected chi connectivity index (χ2v) is 5.82. The summed E-state index contributed by atoms with van der Waals surface area (Å²) < 4.78 is 0. The molecular weight excluding hydrogens is 250 g/mol. The first-order valence-corrected chi connectivity index (χ1v) is 7.32. The number of aryl methyl sites for hydroxylation is 2. The van der Waals surface area contributed by atoms with Crippen LogP contribution in [0.3, 0.4) is 0 Å². The van der Waals surface area contributed by atoms with E-state index in [1.54, 1.807) is 0 Å². The first-order valence-electron chi connectivity index (χ1n) is 7.32. The predicted molar refractivity (Wildman–Crippen MR) is 83.1 cm³/mol. The third kappa shape index (κ3) is 4.62. The van der Waals surface area contributed by atoms with Crippen molar-refractivity contribution in [1.29, 1.82) is 0 Å². The molecule has 0 aliphatic carbocycles. The first kappa shape index (κ1) is 15.0. The lowest BCUT2D eigenvalue weighted by atomic mass is 10.1. The Bertz CT molecular complexity index is 445. The van der Waals surface area contributed by atoms with E-state index >= 15 is 0 Å². The lowest BCUT2D eigenvalue weighted by Crippen LogP contribution is -2.45. The van der Waals surface area contributed by atoms with E-state index < -0.39 is 0 Å². The molecule has 110 valence electrons. The van der Waals surface area contributed by atoms with Gasteiger partial charge in [-0.25, -0.2) is 0 Å². The SMILES string of the molecule is Cc1cc(C)cc(NC(=O)CCN2CCN(C)CC2)c1. The Hall–Kier alpha value is -1.39. The second kappa shape index (κ2) is 6.86. The van der Waals surface area contributed by atoms with Crippen LogP contribution in [0.1, 0.15) is 17.5 Å². The van der Waals surface area contributed by atoms with Crippen LogP contribution in [-0.2, 0) is 4.79 Å². The molecule has 1 heterocycles. The number of amides is 1. The third-order valence-corrected chi connectivity index (χ3v) is 3.76. The zero-order chi connectivity index (χ0) is 14.5. The molecule has 4 nitrogen and oxygen atoms in total. The van der Waals surface area contributed by atoms with Crippen molar-refractivity contribution in [3.63, 3.8) is 0 Å². The molecule has 20 heavy (non-hydrogen) atoms. The quantitative estimate of drug-likeness (QED) is 0.911. The number of anilines is 1. The molecule has 1 aromatic rings. The van der Waals surface area contributed by atoms with E-state index in [2.05, 4.69) is 28.2 Å². The highest BCUT2D eigenvalue weighted by Crippen LogP contribution is 2.14. The predicted octanol–water partition coefficient (Wildman–Crippen LogP) is 1.88. The van der Waals surface area contributed by atoms with Crippen LogP contribution in [0.4, 0.5) is 5.69 Å². The second-order valence-electron chi connectivity index (χ2n) is 5.82. The average molecular weight is 275 g/mol. The van der Waals surface area contributed by atoms with Gasteiger partial charge in [-0.15, -0.1) is 0 Å². The molecule has 4 heteroatoms. The molecule has 0 aromatic heterocycles. The first-order chi connectivity index (χ1) is 9.52. The molecule has 0 unspecified atom stereocenters. The third-order valence-electron chi connectivity index (χ3n) is 3.76. The Kier molecular flexibility index (Phi) is 5.15. The van der Waals surface area contributed by atoms with Crippen LogP contribution in [0.15, 0.2) is 18.2 Å². The maximum absolute atomic E-state index is 12.0. The maximum atomic E-state index is 12.0. The lowest BCUT2D eigenvalue weighted by molar-refractivity contribution is -0.116. The molecule has 0 atom stereocenters. The van der Waals surface area contributed by atoms with Crippen LogP contribution < -0.4 is 5.32 Å². The van der Waals surface area contributed by atoms with Crippen molar-refractivity contribution in [3.8, 4) is 0 Å². The van der Waals surface area contributed by atoms with Gasteiger partial charge >= 0.3 is 0 Å². The fourth-order valence-corrected chi connectivity index (χ4v) is 2.60. The van der Waals surface area contributed by atoms with Crippen molar-refractivity contribution in [2.75, 3.05) is 45.1 Å². The largest absolute Gasteiger partial charge is 0.326 e. The van der Waals surface area contributed by atoms with Crippen molar-refractivity contribution < 1.29 is 4.79 Å². The van der Waals surface area contributed by atoms with Crippen molar-refractivity contribution in [3.05, 3.63) is 29.3 Å². The number of hydrogen-bond donors (Lipinski definition) is 1. The Morgan fingerprint density at radius 3 is 2.30 bits per heavy atom. The molecule has 0 bridgehead atoms. The summed E-state index contributed by atoms with van der Waals surface area (Å²) in [6.07, 6.45) is 0.566. The summed E-state index contributed by atoms with van der Waals surface area (Å²) in [4.78, 5) is 16.7. The minimum absolute atomic E-state index is 0.105. The van der Waals surface area contributed by atoms with E-state index in [0.717, 1.165) is 38.4 Å². The van der Waals surface area contributed by atoms with Crippen molar-refractivity contribution in [2.45, 2.75) is 20.3 Å². The number of benzene rings is 1. The number of nitrogens with zero attached hydrogens (tertiary/aromatic N) is 2. The smallest absolute Gasteiger partial charge is 0.225 e. The summed E-state index contributed by atoms with van der Waals surface area (Å²) in [5.41, 5.74) is 3.27. The van der Waals surface area contributed by atoms with Gasteiger partial charge in [0.15, 0.2) is 0 Å². The Morgan fingerprint density at radius 2 is 1.70 bits per heavy atom. The monoisotopic (exact) mass is 275 g/mol. The molecule has 1 N–H and O–H groups in total. The van der Waals surface area contributed by atoms with E-state index in [-0.39, 0.29) is 5.91 Å². The summed E-state index contributed by atoms with van der Waals surface area (Å²) in [7, 11) is 2.14. The van der Waals surface area contributed by atoms with Crippen molar-refractivity contribution in [2.24, 2.45) is 0 Å². The molecule has 0 saturated carbocycles. The van der Waals surface area contributed by atoms with Crippen LogP contribution >= 0.6 is 0 Å². The van der Waals surface area contributed by atoms with Gasteiger partial charge in [0.2, 0.25) is 5.91 Å². The van der Waals surface area contributed by atoms with Gasteiger partial charge < -0.3 is 15.1 Å². The van der Waals surface area contributed by atoms with Crippen LogP contribution in [0, 0.1) is 13.8 Å². The topological polar surface area (TPSA) is 35.6 Å². The molecule has 1 fully saturated rings. The van der Waals surface area contributed by atoms with Crippen LogP contribution in [0.2, 0.25) is 0 Å². The molecule has 2 rings (SSSR count). The number of likely N-dealkylation sites (N-methyl/N-ethyl adjacent to an activating group) is 1. The molecular formula is C16H25N3O. The Labute approximate surface area is 121 Å². The Balaban J connectivity index is 1.77. The van der Waals surface area contributed by atoms with Crippen LogP contribution in [-0.4, -0.2) is 55.5 Å². The highest BCUT2D eigenvalue weighted by Gasteiger charge is 2.14. The highest BCUT2D eigenvalue weighted by atomic mass is 16.1. The number of carbonyl (C=O) groups excluding carboxylic acids is 1. The molecule has 1 aliphatic heterocycles. The Morgan fingerprint density at radius 1 is 1.10 bits per heavy atom. The number of piperazine rings is 1. The number of carbonyl (C=O) groups is 1. The van der Waals surface area contributed by atoms with Gasteiger partial charge in [-0.2, -0.15) is 0 Å². The molecule has 1 saturated heterocycles. The van der Waals surface area contributed by atoms with E-state index in [1.807, 2.05) is 26.0 Å². The fraction of sp³-hybridized carbons (Fsp3) is 0.562. The van der Waals surface area contributed by atoms with Gasteiger partial charge in [0.1, 0.15) is 0 Å². The molecule has 1 aromatic carbocycles. The average Bonchev–Trinajstić information content (AvgIpc) is 2.37. The van der Waals surface area contributed by atoms with Crippen molar-refractivity contribution >= 4 is 11.6 Å².